The zero-order valence-corrected chi connectivity index (χ0v) is 11.2. The van der Waals surface area contributed by atoms with Gasteiger partial charge in [-0.1, -0.05) is 60.7 Å². The summed E-state index contributed by atoms with van der Waals surface area (Å²) >= 11 is 0. The van der Waals surface area contributed by atoms with Crippen LogP contribution in [0.2, 0.25) is 0 Å². The predicted molar refractivity (Wildman–Crippen MR) is 79.4 cm³/mol. The molecule has 19 heavy (non-hydrogen) atoms. The van der Waals surface area contributed by atoms with Crippen molar-refractivity contribution < 1.29 is 4.79 Å². The first-order chi connectivity index (χ1) is 9.27. The lowest BCUT2D eigenvalue weighted by molar-refractivity contribution is 0.104. The van der Waals surface area contributed by atoms with Crippen molar-refractivity contribution in [1.82, 2.24) is 0 Å². The summed E-state index contributed by atoms with van der Waals surface area (Å²) in [6.07, 6.45) is 5.51. The minimum atomic E-state index is 0.0890. The van der Waals surface area contributed by atoms with Gasteiger partial charge in [0.25, 0.3) is 0 Å². The Morgan fingerprint density at radius 3 is 2.42 bits per heavy atom. The van der Waals surface area contributed by atoms with E-state index in [2.05, 4.69) is 12.1 Å². The van der Waals surface area contributed by atoms with Crippen molar-refractivity contribution in [3.8, 4) is 0 Å². The third-order valence-electron chi connectivity index (χ3n) is 3.12. The molecule has 0 saturated heterocycles. The Kier molecular flexibility index (Phi) is 4.68. The Balaban J connectivity index is 1.89. The van der Waals surface area contributed by atoms with Crippen LogP contribution in [0.5, 0.6) is 0 Å². The lowest BCUT2D eigenvalue weighted by Gasteiger charge is -2.00. The predicted octanol–water partition coefficient (Wildman–Crippen LogP) is 4.37. The molecule has 0 saturated carbocycles. The maximum Gasteiger partial charge on any atom is 0.185 e. The van der Waals surface area contributed by atoms with E-state index in [1.54, 1.807) is 6.08 Å². The molecule has 0 fully saturated rings. The summed E-state index contributed by atoms with van der Waals surface area (Å²) in [5.41, 5.74) is 3.12. The van der Waals surface area contributed by atoms with Crippen LogP contribution in [0.3, 0.4) is 0 Å². The van der Waals surface area contributed by atoms with Crippen LogP contribution in [0.4, 0.5) is 0 Å². The number of ketones is 1. The first kappa shape index (κ1) is 13.3. The fraction of sp³-hybridized carbons (Fsp3) is 0.167. The van der Waals surface area contributed by atoms with Crippen molar-refractivity contribution in [3.63, 3.8) is 0 Å². The van der Waals surface area contributed by atoms with Gasteiger partial charge in [0.15, 0.2) is 5.78 Å². The molecule has 0 aliphatic rings. The van der Waals surface area contributed by atoms with Crippen molar-refractivity contribution in [2.24, 2.45) is 0 Å². The third-order valence-corrected chi connectivity index (χ3v) is 3.12. The second-order valence-corrected chi connectivity index (χ2v) is 4.61. The Morgan fingerprint density at radius 1 is 1.00 bits per heavy atom. The molecule has 0 unspecified atom stereocenters. The van der Waals surface area contributed by atoms with Crippen LogP contribution in [-0.2, 0) is 6.42 Å². The minimum absolute atomic E-state index is 0.0890. The van der Waals surface area contributed by atoms with Crippen molar-refractivity contribution in [3.05, 3.63) is 83.4 Å². The fourth-order valence-corrected chi connectivity index (χ4v) is 2.02. The SMILES string of the molecule is Cc1ccccc1C(=O)/C=C/CCc1ccccc1. The molecule has 0 aliphatic heterocycles. The van der Waals surface area contributed by atoms with Crippen LogP contribution in [0.25, 0.3) is 0 Å². The molecule has 0 spiro atoms. The summed E-state index contributed by atoms with van der Waals surface area (Å²) in [6, 6.07) is 18.0. The largest absolute Gasteiger partial charge is 0.289 e. The highest BCUT2D eigenvalue weighted by atomic mass is 16.1. The molecule has 0 amide bonds. The molecule has 0 aliphatic carbocycles. The monoisotopic (exact) mass is 250 g/mol. The summed E-state index contributed by atoms with van der Waals surface area (Å²) in [7, 11) is 0. The third kappa shape index (κ3) is 3.92. The molecular weight excluding hydrogens is 232 g/mol. The van der Waals surface area contributed by atoms with Crippen molar-refractivity contribution in [2.75, 3.05) is 0 Å². The molecule has 1 nitrogen and oxygen atoms in total. The van der Waals surface area contributed by atoms with Gasteiger partial charge in [-0.25, -0.2) is 0 Å². The standard InChI is InChI=1S/C18H18O/c1-15-9-5-7-13-17(15)18(19)14-8-6-12-16-10-3-2-4-11-16/h2-5,7-11,13-14H,6,12H2,1H3/b14-8+. The number of benzene rings is 2. The van der Waals surface area contributed by atoms with E-state index in [0.29, 0.717) is 0 Å². The van der Waals surface area contributed by atoms with Gasteiger partial charge in [-0.2, -0.15) is 0 Å². The number of carbonyl (C=O) groups excluding carboxylic acids is 1. The molecule has 2 rings (SSSR count). The summed E-state index contributed by atoms with van der Waals surface area (Å²) in [4.78, 5) is 12.0. The number of carbonyl (C=O) groups is 1. The quantitative estimate of drug-likeness (QED) is 0.569. The van der Waals surface area contributed by atoms with Gasteiger partial charge in [0.05, 0.1) is 0 Å². The molecule has 0 heterocycles. The number of hydrogen-bond acceptors (Lipinski definition) is 1. The van der Waals surface area contributed by atoms with Gasteiger partial charge in [0.1, 0.15) is 0 Å². The molecule has 0 N–H and O–H groups in total. The first-order valence-electron chi connectivity index (χ1n) is 6.58. The van der Waals surface area contributed by atoms with E-state index in [1.807, 2.05) is 55.5 Å². The molecule has 0 aromatic heterocycles. The molecule has 0 radical (unpaired) electrons. The van der Waals surface area contributed by atoms with Gasteiger partial charge in [-0.15, -0.1) is 0 Å². The van der Waals surface area contributed by atoms with Gasteiger partial charge >= 0.3 is 0 Å². The number of rotatable bonds is 5. The molecule has 0 bridgehead atoms. The van der Waals surface area contributed by atoms with E-state index < -0.39 is 0 Å². The van der Waals surface area contributed by atoms with Gasteiger partial charge < -0.3 is 0 Å². The van der Waals surface area contributed by atoms with Crippen LogP contribution >= 0.6 is 0 Å². The van der Waals surface area contributed by atoms with E-state index in [1.165, 1.54) is 5.56 Å². The highest BCUT2D eigenvalue weighted by Crippen LogP contribution is 2.09. The van der Waals surface area contributed by atoms with E-state index >= 15 is 0 Å². The average molecular weight is 250 g/mol. The van der Waals surface area contributed by atoms with Crippen molar-refractivity contribution >= 4 is 5.78 Å². The Morgan fingerprint density at radius 2 is 1.68 bits per heavy atom. The second kappa shape index (κ2) is 6.69. The number of aryl methyl sites for hydroxylation is 2. The van der Waals surface area contributed by atoms with Crippen LogP contribution in [-0.4, -0.2) is 5.78 Å². The highest BCUT2D eigenvalue weighted by Gasteiger charge is 2.03. The first-order valence-corrected chi connectivity index (χ1v) is 6.58. The zero-order chi connectivity index (χ0) is 13.5. The normalized spacial score (nSPS) is 10.8. The molecule has 96 valence electrons. The highest BCUT2D eigenvalue weighted by molar-refractivity contribution is 6.05. The molecule has 1 heteroatoms. The van der Waals surface area contributed by atoms with Crippen LogP contribution < -0.4 is 0 Å². The summed E-state index contributed by atoms with van der Waals surface area (Å²) in [6.45, 7) is 1.96. The maximum atomic E-state index is 12.0. The summed E-state index contributed by atoms with van der Waals surface area (Å²) in [5.74, 6) is 0.0890. The van der Waals surface area contributed by atoms with E-state index in [0.717, 1.165) is 24.0 Å². The van der Waals surface area contributed by atoms with Gasteiger partial charge in [-0.3, -0.25) is 4.79 Å². The van der Waals surface area contributed by atoms with Gasteiger partial charge in [0.2, 0.25) is 0 Å². The fourth-order valence-electron chi connectivity index (χ4n) is 2.02. The van der Waals surface area contributed by atoms with Gasteiger partial charge in [-0.05, 0) is 37.0 Å². The Labute approximate surface area is 114 Å². The maximum absolute atomic E-state index is 12.0. The molecule has 2 aromatic carbocycles. The Hall–Kier alpha value is -2.15. The number of allylic oxidation sites excluding steroid dienone is 2. The molecular formula is C18H18O. The summed E-state index contributed by atoms with van der Waals surface area (Å²) in [5, 5.41) is 0. The second-order valence-electron chi connectivity index (χ2n) is 4.61. The van der Waals surface area contributed by atoms with Crippen molar-refractivity contribution in [2.45, 2.75) is 19.8 Å². The van der Waals surface area contributed by atoms with Crippen LogP contribution in [0.1, 0.15) is 27.9 Å². The van der Waals surface area contributed by atoms with E-state index in [-0.39, 0.29) is 5.78 Å². The lowest BCUT2D eigenvalue weighted by Crippen LogP contribution is -1.97. The topological polar surface area (TPSA) is 17.1 Å². The number of hydrogen-bond donors (Lipinski definition) is 0. The Bertz CT molecular complexity index is 567. The minimum Gasteiger partial charge on any atom is -0.289 e. The average Bonchev–Trinajstić information content (AvgIpc) is 2.45. The summed E-state index contributed by atoms with van der Waals surface area (Å²) < 4.78 is 0. The van der Waals surface area contributed by atoms with Crippen LogP contribution in [0, 0.1) is 6.92 Å². The van der Waals surface area contributed by atoms with Crippen molar-refractivity contribution in [1.29, 1.82) is 0 Å². The van der Waals surface area contributed by atoms with E-state index in [4.69, 9.17) is 0 Å². The molecule has 0 atom stereocenters. The smallest absolute Gasteiger partial charge is 0.185 e. The van der Waals surface area contributed by atoms with Gasteiger partial charge in [0, 0.05) is 5.56 Å². The zero-order valence-electron chi connectivity index (χ0n) is 11.2. The van der Waals surface area contributed by atoms with E-state index in [9.17, 15) is 4.79 Å². The molecule has 2 aromatic rings. The van der Waals surface area contributed by atoms with Crippen LogP contribution in [0.15, 0.2) is 66.7 Å². The lowest BCUT2D eigenvalue weighted by atomic mass is 10.0.